The van der Waals surface area contributed by atoms with E-state index < -0.39 is 91.5 Å². The number of carbonyl (C=O) groups is 3. The second kappa shape index (κ2) is 83.8. The molecule has 0 rings (SSSR count). The lowest BCUT2D eigenvalue weighted by atomic mass is 10.1. The standard InChI is InChI=1S/C93H152O16P2/c1-4-7-10-13-16-19-22-25-28-31-34-37-40-42-43-45-48-49-52-55-58-61-64-67-70-73-76-79-91(96)103-82-88(94)83-105-110(99,100)106-84-89(95)85-107-111(101,102)108-87-90(109-93(98)81-78-75-72-69-66-63-60-57-54-51-46-39-36-33-30-27-24-21-18-15-12-9-6-3)86-104-92(97)80-77-74-71-68-65-62-59-56-53-50-47-44-41-38-35-32-29-26-23-20-17-14-11-8-5-2/h7-8,10-11,16-21,25-30,34-39,42-44,47-49,51,53-54,56,88-90,94-95H,4-6,9,12-15,22-24,31-33,40-41,45-46,50,52,55,57-87H2,1-3H3,(H,99,100)(H,101,102)/b10-7-,11-8-,19-16-,20-17-,21-18-,28-25-,29-26-,30-27-,37-34-,38-35-,39-36-,43-42-,47-44-,49-48-,54-51-,56-53-. The Balaban J connectivity index is 4.74. The molecule has 0 aliphatic heterocycles. The summed E-state index contributed by atoms with van der Waals surface area (Å²) in [5.74, 6) is -1.62. The van der Waals surface area contributed by atoms with Gasteiger partial charge in [-0.2, -0.15) is 0 Å². The van der Waals surface area contributed by atoms with Crippen molar-refractivity contribution < 1.29 is 75.8 Å². The third-order valence-corrected chi connectivity index (χ3v) is 19.2. The van der Waals surface area contributed by atoms with Crippen molar-refractivity contribution in [3.05, 3.63) is 194 Å². The summed E-state index contributed by atoms with van der Waals surface area (Å²) in [6.07, 6.45) is 110. The van der Waals surface area contributed by atoms with Gasteiger partial charge in [-0.25, -0.2) is 9.13 Å². The fourth-order valence-corrected chi connectivity index (χ4v) is 12.4. The summed E-state index contributed by atoms with van der Waals surface area (Å²) in [7, 11) is -9.83. The quantitative estimate of drug-likeness (QED) is 0.0146. The van der Waals surface area contributed by atoms with Gasteiger partial charge in [-0.1, -0.05) is 324 Å². The number of aliphatic hydroxyl groups is 2. The van der Waals surface area contributed by atoms with Crippen LogP contribution in [0.15, 0.2) is 194 Å². The van der Waals surface area contributed by atoms with Crippen molar-refractivity contribution in [2.24, 2.45) is 0 Å². The highest BCUT2D eigenvalue weighted by molar-refractivity contribution is 7.47. The minimum atomic E-state index is -4.95. The minimum Gasteiger partial charge on any atom is -0.463 e. The Morgan fingerprint density at radius 2 is 0.477 bits per heavy atom. The molecule has 0 aromatic heterocycles. The molecule has 0 radical (unpaired) electrons. The zero-order valence-electron chi connectivity index (χ0n) is 69.1. The molecular formula is C93H152O16P2. The number of phosphoric acid groups is 2. The third-order valence-electron chi connectivity index (χ3n) is 17.3. The number of aliphatic hydroxyl groups excluding tert-OH is 2. The van der Waals surface area contributed by atoms with Crippen molar-refractivity contribution >= 4 is 33.6 Å². The van der Waals surface area contributed by atoms with Crippen molar-refractivity contribution in [2.45, 2.75) is 334 Å². The molecule has 5 unspecified atom stereocenters. The van der Waals surface area contributed by atoms with Gasteiger partial charge in [-0.05, 0) is 167 Å². The molecule has 0 aromatic rings. The normalized spacial score (nSPS) is 14.8. The Labute approximate surface area is 674 Å². The number of phosphoric ester groups is 2. The van der Waals surface area contributed by atoms with E-state index in [0.717, 1.165) is 212 Å². The molecule has 111 heavy (non-hydrogen) atoms. The van der Waals surface area contributed by atoms with Gasteiger partial charge in [-0.15, -0.1) is 0 Å². The van der Waals surface area contributed by atoms with Gasteiger partial charge < -0.3 is 34.2 Å². The largest absolute Gasteiger partial charge is 0.472 e. The lowest BCUT2D eigenvalue weighted by Gasteiger charge is -2.21. The Morgan fingerprint density at radius 1 is 0.261 bits per heavy atom. The zero-order valence-corrected chi connectivity index (χ0v) is 70.8. The second-order valence-electron chi connectivity index (χ2n) is 27.9. The first kappa shape index (κ1) is 105. The second-order valence-corrected chi connectivity index (χ2v) is 30.8. The van der Waals surface area contributed by atoms with Crippen molar-refractivity contribution in [3.8, 4) is 0 Å². The minimum absolute atomic E-state index is 0.0809. The van der Waals surface area contributed by atoms with Crippen molar-refractivity contribution in [2.75, 3.05) is 39.6 Å². The number of esters is 3. The summed E-state index contributed by atoms with van der Waals surface area (Å²) in [6, 6.07) is 0. The van der Waals surface area contributed by atoms with E-state index in [0.29, 0.717) is 19.3 Å². The molecule has 0 bridgehead atoms. The van der Waals surface area contributed by atoms with Gasteiger partial charge >= 0.3 is 33.6 Å². The summed E-state index contributed by atoms with van der Waals surface area (Å²) in [4.78, 5) is 58.9. The molecule has 18 heteroatoms. The molecule has 630 valence electrons. The van der Waals surface area contributed by atoms with E-state index in [2.05, 4.69) is 215 Å². The molecular weight excluding hydrogens is 1430 g/mol. The SMILES string of the molecule is CC/C=C\C/C=C\C/C=C\C/C=C\C/C=C\C/C=C\CCCCCCCCCCC(=O)OCC(O)COP(=O)(O)OCC(O)COP(=O)(O)OCC(COC(=O)CCCCCCCC/C=C\C/C=C\C/C=C\C/C=C\C/C=C\C/C=C\CC)OC(=O)CCCCCCCCC/C=C\C/C=C\C/C=C\C/C=C\CCCCC. The molecule has 4 N–H and O–H groups in total. The fraction of sp³-hybridized carbons (Fsp3) is 0.624. The van der Waals surface area contributed by atoms with Crippen LogP contribution in [-0.4, -0.2) is 95.9 Å². The molecule has 0 aliphatic rings. The van der Waals surface area contributed by atoms with Gasteiger partial charge in [0.25, 0.3) is 0 Å². The Bertz CT molecular complexity index is 2800. The van der Waals surface area contributed by atoms with Crippen LogP contribution in [0, 0.1) is 0 Å². The highest BCUT2D eigenvalue weighted by Crippen LogP contribution is 2.45. The molecule has 0 saturated heterocycles. The van der Waals surface area contributed by atoms with E-state index in [1.165, 1.54) is 44.9 Å². The van der Waals surface area contributed by atoms with Crippen molar-refractivity contribution in [1.29, 1.82) is 0 Å². The van der Waals surface area contributed by atoms with E-state index in [9.17, 15) is 43.5 Å². The van der Waals surface area contributed by atoms with Crippen LogP contribution in [0.5, 0.6) is 0 Å². The predicted octanol–water partition coefficient (Wildman–Crippen LogP) is 25.9. The molecule has 0 fully saturated rings. The summed E-state index contributed by atoms with van der Waals surface area (Å²) >= 11 is 0. The lowest BCUT2D eigenvalue weighted by Crippen LogP contribution is -2.30. The number of rotatable bonds is 79. The summed E-state index contributed by atoms with van der Waals surface area (Å²) in [5, 5.41) is 20.7. The predicted molar refractivity (Wildman–Crippen MR) is 463 cm³/mol. The first-order chi connectivity index (χ1) is 54.2. The average Bonchev–Trinajstić information content (AvgIpc) is 0.897. The monoisotopic (exact) mass is 1590 g/mol. The Morgan fingerprint density at radius 3 is 0.757 bits per heavy atom. The van der Waals surface area contributed by atoms with Crippen molar-refractivity contribution in [3.63, 3.8) is 0 Å². The van der Waals surface area contributed by atoms with E-state index in [1.54, 1.807) is 0 Å². The summed E-state index contributed by atoms with van der Waals surface area (Å²) in [6.45, 7) is 2.39. The maximum atomic E-state index is 13.1. The fourth-order valence-electron chi connectivity index (χ4n) is 10.9. The molecule has 16 nitrogen and oxygen atoms in total. The number of allylic oxidation sites excluding steroid dienone is 32. The van der Waals surface area contributed by atoms with Gasteiger partial charge in [0, 0.05) is 19.3 Å². The highest BCUT2D eigenvalue weighted by Gasteiger charge is 2.29. The summed E-state index contributed by atoms with van der Waals surface area (Å²) < 4.78 is 61.3. The maximum Gasteiger partial charge on any atom is 0.472 e. The molecule has 0 amide bonds. The van der Waals surface area contributed by atoms with Crippen LogP contribution in [-0.2, 0) is 55.8 Å². The smallest absolute Gasteiger partial charge is 0.463 e. The molecule has 0 aliphatic carbocycles. The Hall–Kier alpha value is -5.61. The van der Waals surface area contributed by atoms with Gasteiger partial charge in [-0.3, -0.25) is 32.5 Å². The van der Waals surface area contributed by atoms with Gasteiger partial charge in [0.05, 0.1) is 26.4 Å². The van der Waals surface area contributed by atoms with Gasteiger partial charge in [0.15, 0.2) is 6.10 Å². The molecule has 5 atom stereocenters. The molecule has 0 heterocycles. The first-order valence-electron chi connectivity index (χ1n) is 42.7. The van der Waals surface area contributed by atoms with Crippen LogP contribution in [0.25, 0.3) is 0 Å². The third kappa shape index (κ3) is 85.1. The topological polar surface area (TPSA) is 231 Å². The van der Waals surface area contributed by atoms with Crippen LogP contribution in [0.3, 0.4) is 0 Å². The van der Waals surface area contributed by atoms with E-state index in [1.807, 2.05) is 0 Å². The van der Waals surface area contributed by atoms with E-state index in [4.69, 9.17) is 32.3 Å². The van der Waals surface area contributed by atoms with Gasteiger partial charge in [0.2, 0.25) is 0 Å². The first-order valence-corrected chi connectivity index (χ1v) is 45.7. The highest BCUT2D eigenvalue weighted by atomic mass is 31.2. The number of hydrogen-bond donors (Lipinski definition) is 4. The average molecular weight is 1590 g/mol. The number of carbonyl (C=O) groups excluding carboxylic acids is 3. The van der Waals surface area contributed by atoms with Crippen LogP contribution < -0.4 is 0 Å². The molecule has 0 saturated carbocycles. The molecule has 0 aromatic carbocycles. The number of hydrogen-bond acceptors (Lipinski definition) is 14. The zero-order chi connectivity index (χ0) is 80.8. The van der Waals surface area contributed by atoms with E-state index >= 15 is 0 Å². The maximum absolute atomic E-state index is 13.1. The number of unbranched alkanes of at least 4 members (excludes halogenated alkanes) is 24. The van der Waals surface area contributed by atoms with Crippen LogP contribution in [0.1, 0.15) is 316 Å². The molecule has 0 spiro atoms. The summed E-state index contributed by atoms with van der Waals surface area (Å²) in [5.41, 5.74) is 0. The van der Waals surface area contributed by atoms with Crippen LogP contribution in [0.2, 0.25) is 0 Å². The van der Waals surface area contributed by atoms with Crippen LogP contribution >= 0.6 is 15.6 Å². The van der Waals surface area contributed by atoms with Gasteiger partial charge in [0.1, 0.15) is 25.4 Å². The van der Waals surface area contributed by atoms with Crippen LogP contribution in [0.4, 0.5) is 0 Å². The number of ether oxygens (including phenoxy) is 3. The lowest BCUT2D eigenvalue weighted by molar-refractivity contribution is -0.161. The van der Waals surface area contributed by atoms with E-state index in [-0.39, 0.29) is 19.3 Å². The Kier molecular flexibility index (Phi) is 79.6. The van der Waals surface area contributed by atoms with Crippen molar-refractivity contribution in [1.82, 2.24) is 0 Å².